The van der Waals surface area contributed by atoms with Gasteiger partial charge in [0.15, 0.2) is 17.3 Å². The van der Waals surface area contributed by atoms with Crippen molar-refractivity contribution in [1.29, 1.82) is 0 Å². The number of nitrogens with zero attached hydrogens (tertiary/aromatic N) is 3. The second-order valence-corrected chi connectivity index (χ2v) is 7.98. The molecule has 4 rings (SSSR count). The summed E-state index contributed by atoms with van der Waals surface area (Å²) in [6.45, 7) is 0. The van der Waals surface area contributed by atoms with Gasteiger partial charge in [0.1, 0.15) is 10.3 Å². The van der Waals surface area contributed by atoms with Gasteiger partial charge in [0, 0.05) is 11.3 Å². The van der Waals surface area contributed by atoms with E-state index in [4.69, 9.17) is 16.3 Å². The molecule has 0 fully saturated rings. The van der Waals surface area contributed by atoms with Gasteiger partial charge >= 0.3 is 0 Å². The highest BCUT2D eigenvalue weighted by molar-refractivity contribution is 7.92. The lowest BCUT2D eigenvalue weighted by atomic mass is 10.2. The van der Waals surface area contributed by atoms with Crippen molar-refractivity contribution >= 4 is 38.3 Å². The summed E-state index contributed by atoms with van der Waals surface area (Å²) in [5, 5.41) is 7.04. The number of ether oxygens (including phenoxy) is 1. The van der Waals surface area contributed by atoms with Gasteiger partial charge in [0.25, 0.3) is 10.0 Å². The quantitative estimate of drug-likeness (QED) is 0.497. The summed E-state index contributed by atoms with van der Waals surface area (Å²) < 4.78 is 46.6. The topological polar surface area (TPSA) is 110 Å². The van der Waals surface area contributed by atoms with Gasteiger partial charge in [0.05, 0.1) is 18.3 Å². The number of fused-ring (bicyclic) bond motifs is 1. The summed E-state index contributed by atoms with van der Waals surface area (Å²) in [6.07, 6.45) is 1.56. The zero-order valence-electron chi connectivity index (χ0n) is 14.8. The van der Waals surface area contributed by atoms with E-state index in [0.29, 0.717) is 28.3 Å². The van der Waals surface area contributed by atoms with Crippen molar-refractivity contribution in [2.24, 2.45) is 0 Å². The highest BCUT2D eigenvalue weighted by Crippen LogP contribution is 2.27. The highest BCUT2D eigenvalue weighted by Gasteiger charge is 2.21. The molecule has 0 unspecified atom stereocenters. The van der Waals surface area contributed by atoms with Crippen LogP contribution in [0.4, 0.5) is 10.1 Å². The van der Waals surface area contributed by atoms with Gasteiger partial charge in [0.2, 0.25) is 5.88 Å². The molecule has 0 atom stereocenters. The number of rotatable bonds is 5. The summed E-state index contributed by atoms with van der Waals surface area (Å²) in [5.41, 5.74) is 1.37. The zero-order chi connectivity index (χ0) is 20.6. The smallest absolute Gasteiger partial charge is 0.264 e. The predicted molar refractivity (Wildman–Crippen MR) is 106 cm³/mol. The Bertz CT molecular complexity index is 1310. The fraction of sp³-hybridized carbons (Fsp3) is 0.0556. The lowest BCUT2D eigenvalue weighted by Gasteiger charge is -2.10. The summed E-state index contributed by atoms with van der Waals surface area (Å²) >= 11 is 5.67. The van der Waals surface area contributed by atoms with E-state index in [9.17, 15) is 12.8 Å². The van der Waals surface area contributed by atoms with Gasteiger partial charge in [-0.05, 0) is 36.4 Å². The first-order chi connectivity index (χ1) is 13.9. The van der Waals surface area contributed by atoms with Crippen LogP contribution in [0.15, 0.2) is 53.6 Å². The van der Waals surface area contributed by atoms with E-state index in [0.717, 1.165) is 6.07 Å². The maximum Gasteiger partial charge on any atom is 0.264 e. The Labute approximate surface area is 169 Å². The van der Waals surface area contributed by atoms with Crippen molar-refractivity contribution in [3.05, 3.63) is 59.5 Å². The molecule has 2 N–H and O–H groups in total. The third kappa shape index (κ3) is 3.59. The van der Waals surface area contributed by atoms with E-state index in [-0.39, 0.29) is 10.7 Å². The van der Waals surface area contributed by atoms with Gasteiger partial charge in [-0.1, -0.05) is 17.7 Å². The minimum Gasteiger partial charge on any atom is -0.480 e. The number of hydrogen-bond acceptors (Lipinski definition) is 6. The number of sulfonamides is 1. The van der Waals surface area contributed by atoms with Crippen LogP contribution in [0.25, 0.3) is 22.4 Å². The van der Waals surface area contributed by atoms with Crippen LogP contribution in [0.3, 0.4) is 0 Å². The van der Waals surface area contributed by atoms with Crippen molar-refractivity contribution < 1.29 is 17.5 Å². The maximum atomic E-state index is 14.1. The molecule has 0 aliphatic carbocycles. The number of aromatic amines is 1. The van der Waals surface area contributed by atoms with Gasteiger partial charge in [-0.3, -0.25) is 9.82 Å². The van der Waals surface area contributed by atoms with Crippen molar-refractivity contribution in [3.8, 4) is 17.3 Å². The van der Waals surface area contributed by atoms with Crippen LogP contribution in [0.1, 0.15) is 0 Å². The lowest BCUT2D eigenvalue weighted by Crippen LogP contribution is -2.14. The van der Waals surface area contributed by atoms with E-state index < -0.39 is 20.7 Å². The molecule has 0 aliphatic rings. The Balaban J connectivity index is 1.64. The third-order valence-electron chi connectivity index (χ3n) is 4.07. The Hall–Kier alpha value is -3.24. The second kappa shape index (κ2) is 7.30. The van der Waals surface area contributed by atoms with Crippen molar-refractivity contribution in [1.82, 2.24) is 20.2 Å². The minimum atomic E-state index is -4.15. The SMILES string of the molecule is COc1nc(-c2ccc(NS(=O)(=O)c3cccc(Cl)c3F)cc2)nc2[nH]ncc12. The Morgan fingerprint density at radius 1 is 1.14 bits per heavy atom. The second-order valence-electron chi connectivity index (χ2n) is 5.92. The largest absolute Gasteiger partial charge is 0.480 e. The van der Waals surface area contributed by atoms with Crippen LogP contribution in [-0.2, 0) is 10.0 Å². The minimum absolute atomic E-state index is 0.239. The normalized spacial score (nSPS) is 11.6. The number of halogens is 2. The molecular weight excluding hydrogens is 421 g/mol. The average Bonchev–Trinajstić information content (AvgIpc) is 3.18. The zero-order valence-corrected chi connectivity index (χ0v) is 16.4. The first-order valence-corrected chi connectivity index (χ1v) is 10.1. The molecule has 2 aromatic carbocycles. The molecule has 29 heavy (non-hydrogen) atoms. The van der Waals surface area contributed by atoms with E-state index in [1.165, 1.54) is 31.4 Å². The highest BCUT2D eigenvalue weighted by atomic mass is 35.5. The molecule has 0 aliphatic heterocycles. The van der Waals surface area contributed by atoms with Crippen LogP contribution in [-0.4, -0.2) is 35.7 Å². The summed E-state index contributed by atoms with van der Waals surface area (Å²) in [7, 11) is -2.66. The van der Waals surface area contributed by atoms with Crippen LogP contribution >= 0.6 is 11.6 Å². The first-order valence-electron chi connectivity index (χ1n) is 8.21. The maximum absolute atomic E-state index is 14.1. The van der Waals surface area contributed by atoms with Gasteiger partial charge in [-0.25, -0.2) is 17.8 Å². The molecule has 148 valence electrons. The molecule has 0 saturated heterocycles. The van der Waals surface area contributed by atoms with Crippen LogP contribution in [0, 0.1) is 5.82 Å². The van der Waals surface area contributed by atoms with Gasteiger partial charge in [-0.15, -0.1) is 0 Å². The van der Waals surface area contributed by atoms with E-state index in [1.54, 1.807) is 18.3 Å². The molecule has 8 nitrogen and oxygen atoms in total. The molecule has 11 heteroatoms. The summed E-state index contributed by atoms with van der Waals surface area (Å²) in [6, 6.07) is 10.1. The molecule has 0 saturated carbocycles. The number of methoxy groups -OCH3 is 1. The summed E-state index contributed by atoms with van der Waals surface area (Å²) in [5.74, 6) is -0.277. The van der Waals surface area contributed by atoms with Crippen LogP contribution < -0.4 is 9.46 Å². The van der Waals surface area contributed by atoms with Crippen molar-refractivity contribution in [2.45, 2.75) is 4.90 Å². The number of nitrogens with one attached hydrogen (secondary N) is 2. The fourth-order valence-electron chi connectivity index (χ4n) is 2.68. The molecule has 2 heterocycles. The molecule has 0 radical (unpaired) electrons. The molecule has 4 aromatic rings. The third-order valence-corrected chi connectivity index (χ3v) is 5.76. The molecule has 0 spiro atoms. The monoisotopic (exact) mass is 433 g/mol. The van der Waals surface area contributed by atoms with E-state index in [2.05, 4.69) is 24.9 Å². The lowest BCUT2D eigenvalue weighted by molar-refractivity contribution is 0.403. The number of anilines is 1. The number of benzene rings is 2. The summed E-state index contributed by atoms with van der Waals surface area (Å²) in [4.78, 5) is 8.18. The Morgan fingerprint density at radius 3 is 2.62 bits per heavy atom. The molecule has 0 bridgehead atoms. The van der Waals surface area contributed by atoms with Gasteiger partial charge < -0.3 is 4.74 Å². The Morgan fingerprint density at radius 2 is 1.90 bits per heavy atom. The van der Waals surface area contributed by atoms with Gasteiger partial charge in [-0.2, -0.15) is 10.1 Å². The van der Waals surface area contributed by atoms with E-state index >= 15 is 0 Å². The number of hydrogen-bond donors (Lipinski definition) is 2. The standard InChI is InChI=1S/C18H13ClFN5O3S/c1-28-18-12-9-21-24-17(12)22-16(23-18)10-5-7-11(8-6-10)25-29(26,27)14-4-2-3-13(19)15(14)20/h2-9,25H,1H3,(H,21,22,23,24). The molecule has 2 aromatic heterocycles. The molecular formula is C18H13ClFN5O3S. The van der Waals surface area contributed by atoms with E-state index in [1.807, 2.05) is 0 Å². The predicted octanol–water partition coefficient (Wildman–Crippen LogP) is 3.62. The fourth-order valence-corrected chi connectivity index (χ4v) is 4.07. The number of H-pyrrole nitrogens is 1. The van der Waals surface area contributed by atoms with Crippen molar-refractivity contribution in [2.75, 3.05) is 11.8 Å². The van der Waals surface area contributed by atoms with Crippen molar-refractivity contribution in [3.63, 3.8) is 0 Å². The molecule has 0 amide bonds. The van der Waals surface area contributed by atoms with Crippen LogP contribution in [0.5, 0.6) is 5.88 Å². The number of aromatic nitrogens is 4. The first kappa shape index (κ1) is 19.1. The Kier molecular flexibility index (Phi) is 4.81. The van der Waals surface area contributed by atoms with Crippen LogP contribution in [0.2, 0.25) is 5.02 Å². The average molecular weight is 434 g/mol.